The molecule has 1 aromatic carbocycles. The summed E-state index contributed by atoms with van der Waals surface area (Å²) in [5.74, 6) is -0.201. The van der Waals surface area contributed by atoms with Gasteiger partial charge in [-0.05, 0) is 31.4 Å². The maximum atomic E-state index is 13.1. The normalized spacial score (nSPS) is 14.6. The van der Waals surface area contributed by atoms with Gasteiger partial charge in [0.05, 0.1) is 19.4 Å². The summed E-state index contributed by atoms with van der Waals surface area (Å²) in [4.78, 5) is 12.2. The predicted octanol–water partition coefficient (Wildman–Crippen LogP) is 4.60. The number of benzene rings is 1. The lowest BCUT2D eigenvalue weighted by Crippen LogP contribution is -2.14. The molecule has 128 valence electrons. The molecule has 0 spiro atoms. The molecule has 23 heavy (non-hydrogen) atoms. The average Bonchev–Trinajstić information content (AvgIpc) is 2.47. The van der Waals surface area contributed by atoms with Crippen LogP contribution in [-0.2, 0) is 18.6 Å². The predicted molar refractivity (Wildman–Crippen MR) is 94.9 cm³/mol. The van der Waals surface area contributed by atoms with E-state index < -0.39 is 13.3 Å². The van der Waals surface area contributed by atoms with Gasteiger partial charge in [-0.2, -0.15) is 0 Å². The zero-order valence-electron chi connectivity index (χ0n) is 14.5. The first-order valence-electron chi connectivity index (χ1n) is 8.05. The second kappa shape index (κ2) is 9.69. The number of hydrogen-bond acceptors (Lipinski definition) is 4. The fourth-order valence-corrected chi connectivity index (χ4v) is 5.01. The lowest BCUT2D eigenvalue weighted by molar-refractivity contribution is -0.138. The van der Waals surface area contributed by atoms with Gasteiger partial charge in [0.1, 0.15) is 0 Å². The van der Waals surface area contributed by atoms with Gasteiger partial charge in [0.2, 0.25) is 7.37 Å². The number of esters is 1. The van der Waals surface area contributed by atoms with Crippen molar-refractivity contribution >= 4 is 19.4 Å². The molecular formula is C18H27O4P. The van der Waals surface area contributed by atoms with Crippen LogP contribution >= 0.6 is 7.37 Å². The van der Waals surface area contributed by atoms with Gasteiger partial charge in [-0.15, -0.1) is 0 Å². The van der Waals surface area contributed by atoms with Crippen LogP contribution in [0.1, 0.15) is 33.3 Å². The Morgan fingerprint density at radius 3 is 2.35 bits per heavy atom. The maximum absolute atomic E-state index is 13.1. The minimum Gasteiger partial charge on any atom is -0.463 e. The van der Waals surface area contributed by atoms with Crippen molar-refractivity contribution in [2.24, 2.45) is 5.92 Å². The molecule has 1 atom stereocenters. The van der Waals surface area contributed by atoms with Crippen LogP contribution in [-0.4, -0.2) is 31.5 Å². The van der Waals surface area contributed by atoms with Gasteiger partial charge in [-0.1, -0.05) is 44.2 Å². The van der Waals surface area contributed by atoms with Crippen molar-refractivity contribution < 1.29 is 18.6 Å². The molecule has 1 unspecified atom stereocenters. The van der Waals surface area contributed by atoms with Crippen LogP contribution < -0.4 is 0 Å². The fraction of sp³-hybridized carbons (Fsp3) is 0.500. The molecule has 0 radical (unpaired) electrons. The molecule has 0 heterocycles. The Morgan fingerprint density at radius 1 is 1.17 bits per heavy atom. The molecule has 5 heteroatoms. The van der Waals surface area contributed by atoms with Crippen molar-refractivity contribution in [2.75, 3.05) is 25.5 Å². The number of hydrogen-bond donors (Lipinski definition) is 0. The van der Waals surface area contributed by atoms with Crippen LogP contribution in [0.2, 0.25) is 0 Å². The Hall–Kier alpha value is -1.38. The van der Waals surface area contributed by atoms with E-state index in [9.17, 15) is 9.36 Å². The summed E-state index contributed by atoms with van der Waals surface area (Å²) in [6, 6.07) is 9.49. The summed E-state index contributed by atoms with van der Waals surface area (Å²) in [5, 5.41) is 0. The van der Waals surface area contributed by atoms with Crippen LogP contribution in [0.25, 0.3) is 6.08 Å². The standard InChI is InChI=1S/C18H27O4P/c1-5-21-18(19)17(12-16-10-8-7-9-11-16)14-23(20,22-6-2)13-15(3)4/h7-12,15H,5-6,13-14H2,1-4H3. The molecule has 0 bridgehead atoms. The largest absolute Gasteiger partial charge is 0.463 e. The first-order valence-corrected chi connectivity index (χ1v) is 10.0. The third-order valence-corrected chi connectivity index (χ3v) is 5.93. The second-order valence-electron chi connectivity index (χ2n) is 5.77. The Morgan fingerprint density at radius 2 is 1.83 bits per heavy atom. The molecule has 0 aliphatic carbocycles. The molecule has 0 aliphatic heterocycles. The topological polar surface area (TPSA) is 52.6 Å². The van der Waals surface area contributed by atoms with Gasteiger partial charge >= 0.3 is 5.97 Å². The Balaban J connectivity index is 3.11. The van der Waals surface area contributed by atoms with Crippen LogP contribution in [0.5, 0.6) is 0 Å². The summed E-state index contributed by atoms with van der Waals surface area (Å²) in [6.45, 7) is 8.22. The summed E-state index contributed by atoms with van der Waals surface area (Å²) in [5.41, 5.74) is 1.28. The molecule has 4 nitrogen and oxygen atoms in total. The lowest BCUT2D eigenvalue weighted by Gasteiger charge is -2.20. The van der Waals surface area contributed by atoms with Crippen molar-refractivity contribution in [3.8, 4) is 0 Å². The molecule has 0 saturated carbocycles. The van der Waals surface area contributed by atoms with Crippen molar-refractivity contribution in [3.05, 3.63) is 41.5 Å². The molecule has 1 rings (SSSR count). The van der Waals surface area contributed by atoms with Crippen molar-refractivity contribution in [1.82, 2.24) is 0 Å². The fourth-order valence-electron chi connectivity index (χ4n) is 2.36. The van der Waals surface area contributed by atoms with E-state index >= 15 is 0 Å². The van der Waals surface area contributed by atoms with Gasteiger partial charge in [0.25, 0.3) is 0 Å². The molecule has 0 aliphatic rings. The van der Waals surface area contributed by atoms with Crippen LogP contribution in [0, 0.1) is 5.92 Å². The van der Waals surface area contributed by atoms with E-state index in [-0.39, 0.29) is 18.7 Å². The van der Waals surface area contributed by atoms with Gasteiger partial charge in [0.15, 0.2) is 0 Å². The average molecular weight is 338 g/mol. The summed E-state index contributed by atoms with van der Waals surface area (Å²) in [6.07, 6.45) is 2.29. The van der Waals surface area contributed by atoms with E-state index in [1.807, 2.05) is 51.1 Å². The zero-order valence-corrected chi connectivity index (χ0v) is 15.3. The van der Waals surface area contributed by atoms with E-state index in [0.717, 1.165) is 5.56 Å². The quantitative estimate of drug-likeness (QED) is 0.375. The highest BCUT2D eigenvalue weighted by Crippen LogP contribution is 2.50. The van der Waals surface area contributed by atoms with Crippen LogP contribution in [0.3, 0.4) is 0 Å². The van der Waals surface area contributed by atoms with Crippen molar-refractivity contribution in [3.63, 3.8) is 0 Å². The zero-order chi connectivity index (χ0) is 17.3. The van der Waals surface area contributed by atoms with E-state index in [2.05, 4.69) is 0 Å². The first kappa shape index (κ1) is 19.7. The third-order valence-electron chi connectivity index (χ3n) is 3.10. The SMILES string of the molecule is CCOC(=O)C(=Cc1ccccc1)CP(=O)(CC(C)C)OCC. The van der Waals surface area contributed by atoms with Gasteiger partial charge in [-0.25, -0.2) is 4.79 Å². The lowest BCUT2D eigenvalue weighted by atomic mass is 10.1. The molecular weight excluding hydrogens is 311 g/mol. The highest BCUT2D eigenvalue weighted by Gasteiger charge is 2.28. The minimum absolute atomic E-state index is 0.104. The number of rotatable bonds is 9. The van der Waals surface area contributed by atoms with Crippen LogP contribution in [0.4, 0.5) is 0 Å². The Kier molecular flexibility index (Phi) is 8.29. The number of carbonyl (C=O) groups is 1. The summed E-state index contributed by atoms with van der Waals surface area (Å²) >= 11 is 0. The Bertz CT molecular complexity index is 564. The van der Waals surface area contributed by atoms with E-state index in [4.69, 9.17) is 9.26 Å². The molecule has 0 aromatic heterocycles. The maximum Gasteiger partial charge on any atom is 0.334 e. The monoisotopic (exact) mass is 338 g/mol. The summed E-state index contributed by atoms with van der Waals surface area (Å²) < 4.78 is 23.7. The van der Waals surface area contributed by atoms with E-state index in [1.54, 1.807) is 13.0 Å². The number of carbonyl (C=O) groups excluding carboxylic acids is 1. The Labute approximate surface area is 139 Å². The molecule has 0 fully saturated rings. The second-order valence-corrected chi connectivity index (χ2v) is 8.34. The molecule has 0 N–H and O–H groups in total. The summed E-state index contributed by atoms with van der Waals surface area (Å²) in [7, 11) is -2.92. The third kappa shape index (κ3) is 7.15. The molecule has 0 amide bonds. The van der Waals surface area contributed by atoms with Crippen molar-refractivity contribution in [2.45, 2.75) is 27.7 Å². The van der Waals surface area contributed by atoms with Gasteiger partial charge in [-0.3, -0.25) is 4.57 Å². The first-order chi connectivity index (χ1) is 10.9. The molecule has 1 aromatic rings. The minimum atomic E-state index is -2.92. The highest BCUT2D eigenvalue weighted by atomic mass is 31.2. The van der Waals surface area contributed by atoms with E-state index in [0.29, 0.717) is 18.3 Å². The van der Waals surface area contributed by atoms with E-state index in [1.165, 1.54) is 0 Å². The van der Waals surface area contributed by atoms with Crippen LogP contribution in [0.15, 0.2) is 35.9 Å². The smallest absolute Gasteiger partial charge is 0.334 e. The highest BCUT2D eigenvalue weighted by molar-refractivity contribution is 7.59. The van der Waals surface area contributed by atoms with Crippen molar-refractivity contribution in [1.29, 1.82) is 0 Å². The van der Waals surface area contributed by atoms with Gasteiger partial charge < -0.3 is 9.26 Å². The number of ether oxygens (including phenoxy) is 1. The van der Waals surface area contributed by atoms with Gasteiger partial charge in [0, 0.05) is 11.7 Å². The molecule has 0 saturated heterocycles.